The van der Waals surface area contributed by atoms with E-state index in [1.165, 1.54) is 19.8 Å². The Labute approximate surface area is 235 Å². The molecule has 0 heterocycles. The first-order valence-electron chi connectivity index (χ1n) is 13.0. The van der Waals surface area contributed by atoms with Crippen molar-refractivity contribution in [3.05, 3.63) is 34.9 Å². The Balaban J connectivity index is 0. The smallest absolute Gasteiger partial charge is 0.417 e. The highest BCUT2D eigenvalue weighted by molar-refractivity contribution is 5.96. The molecule has 1 aromatic rings. The van der Waals surface area contributed by atoms with Crippen LogP contribution in [-0.2, 0) is 31.5 Å². The van der Waals surface area contributed by atoms with Crippen molar-refractivity contribution in [2.24, 2.45) is 11.5 Å². The Hall–Kier alpha value is -3.20. The van der Waals surface area contributed by atoms with E-state index in [1.807, 2.05) is 13.8 Å². The molecule has 1 aromatic carbocycles. The van der Waals surface area contributed by atoms with Crippen molar-refractivity contribution in [2.45, 2.75) is 78.2 Å². The number of halogens is 6. The van der Waals surface area contributed by atoms with Crippen LogP contribution in [0, 0.1) is 0 Å². The highest BCUT2D eigenvalue weighted by atomic mass is 19.4. The van der Waals surface area contributed by atoms with E-state index in [0.29, 0.717) is 25.5 Å². The fourth-order valence-corrected chi connectivity index (χ4v) is 3.03. The van der Waals surface area contributed by atoms with Crippen LogP contribution >= 0.6 is 0 Å². The summed E-state index contributed by atoms with van der Waals surface area (Å²) in [7, 11) is 0. The predicted molar refractivity (Wildman–Crippen MR) is 141 cm³/mol. The van der Waals surface area contributed by atoms with E-state index < -0.39 is 71.8 Å². The highest BCUT2D eigenvalue weighted by Gasteiger charge is 2.43. The largest absolute Gasteiger partial charge is 0.454 e. The van der Waals surface area contributed by atoms with Gasteiger partial charge >= 0.3 is 18.3 Å². The molecule has 1 rings (SSSR count). The third-order valence-corrected chi connectivity index (χ3v) is 4.90. The number of carbonyl (C=O) groups excluding carboxylic acids is 4. The number of hydrogen-bond acceptors (Lipinski definition) is 7. The van der Waals surface area contributed by atoms with Crippen LogP contribution in [0.25, 0.3) is 0 Å². The van der Waals surface area contributed by atoms with Crippen molar-refractivity contribution in [2.75, 3.05) is 26.2 Å². The summed E-state index contributed by atoms with van der Waals surface area (Å²) in [6, 6.07) is 0.0521. The number of hydrogen-bond donors (Lipinski definition) is 4. The third kappa shape index (κ3) is 16.6. The van der Waals surface area contributed by atoms with E-state index >= 15 is 0 Å². The number of carbonyl (C=O) groups is 4. The number of esters is 1. The molecule has 15 heteroatoms. The normalized spacial score (nSPS) is 11.6. The first-order chi connectivity index (χ1) is 19.1. The molecule has 1 atom stereocenters. The van der Waals surface area contributed by atoms with Crippen LogP contribution in [-0.4, -0.2) is 55.8 Å². The molecule has 0 bridgehead atoms. The second-order valence-corrected chi connectivity index (χ2v) is 8.24. The molecule has 2 amide bonds. The van der Waals surface area contributed by atoms with E-state index in [2.05, 4.69) is 22.3 Å². The van der Waals surface area contributed by atoms with Crippen LogP contribution in [0.5, 0.6) is 0 Å². The van der Waals surface area contributed by atoms with Gasteiger partial charge in [0.2, 0.25) is 11.8 Å². The van der Waals surface area contributed by atoms with Crippen LogP contribution in [0.15, 0.2) is 18.2 Å². The van der Waals surface area contributed by atoms with Gasteiger partial charge in [0.1, 0.15) is 6.04 Å². The lowest BCUT2D eigenvalue weighted by atomic mass is 10.00. The number of unbranched alkanes of at least 4 members (excludes halogenated alkanes) is 2. The second kappa shape index (κ2) is 20.6. The number of alkyl halides is 6. The Morgan fingerprint density at radius 3 is 1.80 bits per heavy atom. The standard InChI is InChI=1S/C20H23F6N3O5.C4H11N.C2H6/c1-11(30)29-15(7-2-3-8-27)17(32)28-9-12(31)10-34-18(33)16-13(19(21,22)23)5-4-6-14(16)20(24,25)26;1-2-3-4-5;1-2/h4-6,15H,2-3,7-10,27H2,1H3,(H,28,32)(H,29,30);2-5H2,1H3;1-2H3. The molecule has 1 unspecified atom stereocenters. The number of ketones is 1. The summed E-state index contributed by atoms with van der Waals surface area (Å²) in [5.41, 5.74) is 4.98. The first kappa shape index (κ1) is 39.9. The maximum absolute atomic E-state index is 13.1. The quantitative estimate of drug-likeness (QED) is 0.151. The molecule has 0 aliphatic rings. The van der Waals surface area contributed by atoms with Crippen LogP contribution in [0.3, 0.4) is 0 Å². The van der Waals surface area contributed by atoms with Gasteiger partial charge in [0.25, 0.3) is 0 Å². The summed E-state index contributed by atoms with van der Waals surface area (Å²) < 4.78 is 83.2. The van der Waals surface area contributed by atoms with Crippen LogP contribution in [0.1, 0.15) is 81.3 Å². The fourth-order valence-electron chi connectivity index (χ4n) is 3.03. The Morgan fingerprint density at radius 1 is 0.902 bits per heavy atom. The summed E-state index contributed by atoms with van der Waals surface area (Å²) in [6.07, 6.45) is -6.94. The van der Waals surface area contributed by atoms with E-state index in [-0.39, 0.29) is 18.6 Å². The molecule has 0 saturated heterocycles. The molecule has 6 N–H and O–H groups in total. The van der Waals surface area contributed by atoms with Crippen molar-refractivity contribution in [3.8, 4) is 0 Å². The van der Waals surface area contributed by atoms with E-state index in [4.69, 9.17) is 11.5 Å². The predicted octanol–water partition coefficient (Wildman–Crippen LogP) is 3.97. The molecule has 236 valence electrons. The minimum absolute atomic E-state index is 0.209. The molecule has 0 aromatic heterocycles. The Bertz CT molecular complexity index is 921. The van der Waals surface area contributed by atoms with Crippen molar-refractivity contribution in [1.82, 2.24) is 10.6 Å². The molecule has 9 nitrogen and oxygen atoms in total. The van der Waals surface area contributed by atoms with Crippen molar-refractivity contribution >= 4 is 23.6 Å². The summed E-state index contributed by atoms with van der Waals surface area (Å²) in [6.45, 7) is 6.56. The van der Waals surface area contributed by atoms with Crippen LogP contribution < -0.4 is 22.1 Å². The van der Waals surface area contributed by atoms with Gasteiger partial charge in [0.05, 0.1) is 23.2 Å². The molecule has 0 radical (unpaired) electrons. The number of Topliss-reactive ketones (excluding diaryl/α,β-unsaturated/α-hetero) is 1. The highest BCUT2D eigenvalue weighted by Crippen LogP contribution is 2.39. The first-order valence-corrected chi connectivity index (χ1v) is 13.0. The van der Waals surface area contributed by atoms with E-state index in [9.17, 15) is 45.5 Å². The van der Waals surface area contributed by atoms with Gasteiger partial charge in [-0.15, -0.1) is 0 Å². The van der Waals surface area contributed by atoms with Crippen molar-refractivity contribution in [1.29, 1.82) is 0 Å². The monoisotopic (exact) mass is 602 g/mol. The lowest BCUT2D eigenvalue weighted by Crippen LogP contribution is -2.47. The number of rotatable bonds is 13. The Kier molecular flexibility index (Phi) is 20.1. The maximum atomic E-state index is 13.1. The molecular formula is C26H40F6N4O5. The SMILES string of the molecule is CC.CC(=O)NC(CCCCN)C(=O)NCC(=O)COC(=O)c1c(C(F)(F)F)cccc1C(F)(F)F.CCCCN. The molecule has 41 heavy (non-hydrogen) atoms. The molecule has 0 saturated carbocycles. The zero-order valence-electron chi connectivity index (χ0n) is 23.6. The average molecular weight is 603 g/mol. The third-order valence-electron chi connectivity index (χ3n) is 4.90. The zero-order valence-corrected chi connectivity index (χ0v) is 23.6. The fraction of sp³-hybridized carbons (Fsp3) is 0.615. The summed E-state index contributed by atoms with van der Waals surface area (Å²) in [4.78, 5) is 47.4. The summed E-state index contributed by atoms with van der Waals surface area (Å²) in [5.74, 6) is -4.29. The van der Waals surface area contributed by atoms with E-state index in [0.717, 1.165) is 6.54 Å². The van der Waals surface area contributed by atoms with Gasteiger partial charge in [-0.25, -0.2) is 4.79 Å². The van der Waals surface area contributed by atoms with Gasteiger partial charge in [-0.1, -0.05) is 33.3 Å². The second-order valence-electron chi connectivity index (χ2n) is 8.24. The minimum atomic E-state index is -5.30. The van der Waals surface area contributed by atoms with Crippen LogP contribution in [0.4, 0.5) is 26.3 Å². The average Bonchev–Trinajstić information content (AvgIpc) is 2.90. The lowest BCUT2D eigenvalue weighted by Gasteiger charge is -2.18. The number of amides is 2. The number of ether oxygens (including phenoxy) is 1. The van der Waals surface area contributed by atoms with Crippen molar-refractivity contribution < 1.29 is 50.3 Å². The molecule has 0 fully saturated rings. The van der Waals surface area contributed by atoms with E-state index in [1.54, 1.807) is 0 Å². The lowest BCUT2D eigenvalue weighted by molar-refractivity contribution is -0.144. The van der Waals surface area contributed by atoms with Gasteiger partial charge in [0, 0.05) is 6.92 Å². The summed E-state index contributed by atoms with van der Waals surface area (Å²) in [5, 5.41) is 4.54. The molecular weight excluding hydrogens is 562 g/mol. The minimum Gasteiger partial charge on any atom is -0.454 e. The van der Waals surface area contributed by atoms with Gasteiger partial charge < -0.3 is 26.8 Å². The Morgan fingerprint density at radius 2 is 1.41 bits per heavy atom. The molecule has 0 aliphatic heterocycles. The molecule has 0 spiro atoms. The van der Waals surface area contributed by atoms with Gasteiger partial charge in [-0.3, -0.25) is 14.4 Å². The maximum Gasteiger partial charge on any atom is 0.417 e. The zero-order chi connectivity index (χ0) is 32.2. The van der Waals surface area contributed by atoms with Gasteiger partial charge in [-0.2, -0.15) is 26.3 Å². The van der Waals surface area contributed by atoms with Gasteiger partial charge in [0.15, 0.2) is 12.4 Å². The van der Waals surface area contributed by atoms with Crippen LogP contribution in [0.2, 0.25) is 0 Å². The number of nitrogens with one attached hydrogen (secondary N) is 2. The number of nitrogens with two attached hydrogens (primary N) is 2. The van der Waals surface area contributed by atoms with Gasteiger partial charge in [-0.05, 0) is 50.9 Å². The number of benzene rings is 1. The topological polar surface area (TPSA) is 154 Å². The summed E-state index contributed by atoms with van der Waals surface area (Å²) >= 11 is 0. The van der Waals surface area contributed by atoms with Crippen molar-refractivity contribution in [3.63, 3.8) is 0 Å². The molecule has 0 aliphatic carbocycles.